The van der Waals surface area contributed by atoms with Gasteiger partial charge in [-0.15, -0.1) is 0 Å². The lowest BCUT2D eigenvalue weighted by molar-refractivity contribution is 0.0748. The molecule has 1 saturated heterocycles. The lowest BCUT2D eigenvalue weighted by atomic mass is 10.1. The zero-order valence-corrected chi connectivity index (χ0v) is 14.1. The number of carbonyl (C=O) groups excluding carboxylic acids is 1. The maximum atomic E-state index is 12.9. The van der Waals surface area contributed by atoms with Gasteiger partial charge in [-0.3, -0.25) is 4.79 Å². The molecule has 3 aromatic rings. The highest BCUT2D eigenvalue weighted by Crippen LogP contribution is 2.22. The van der Waals surface area contributed by atoms with Gasteiger partial charge in [0.25, 0.3) is 5.91 Å². The minimum atomic E-state index is 0.0482. The standard InChI is InChI=1S/C19H20N4O2/c1-25-15-7-5-14(6-8-15)22-9-11-23(12-10-22)19(24)16-3-2-4-17-18(16)21-13-20-17/h2-8,13H,9-12H2,1H3,(H,20,21). The highest BCUT2D eigenvalue weighted by atomic mass is 16.5. The summed E-state index contributed by atoms with van der Waals surface area (Å²) < 4.78 is 5.20. The maximum absolute atomic E-state index is 12.9. The van der Waals surface area contributed by atoms with Gasteiger partial charge in [0, 0.05) is 31.9 Å². The van der Waals surface area contributed by atoms with Crippen LogP contribution >= 0.6 is 0 Å². The van der Waals surface area contributed by atoms with Gasteiger partial charge in [0.1, 0.15) is 11.3 Å². The van der Waals surface area contributed by atoms with Crippen LogP contribution < -0.4 is 9.64 Å². The predicted molar refractivity (Wildman–Crippen MR) is 97.2 cm³/mol. The lowest BCUT2D eigenvalue weighted by Gasteiger charge is -2.36. The molecule has 0 saturated carbocycles. The third kappa shape index (κ3) is 2.91. The molecule has 0 atom stereocenters. The van der Waals surface area contributed by atoms with E-state index in [9.17, 15) is 4.79 Å². The SMILES string of the molecule is COc1ccc(N2CCN(C(=O)c3cccc4[nH]cnc34)CC2)cc1. The number of carbonyl (C=O) groups is 1. The van der Waals surface area contributed by atoms with Crippen molar-refractivity contribution in [2.45, 2.75) is 0 Å². The molecule has 4 rings (SSSR count). The molecular weight excluding hydrogens is 316 g/mol. The molecule has 1 aliphatic rings. The molecule has 0 unspecified atom stereocenters. The molecule has 6 nitrogen and oxygen atoms in total. The van der Waals surface area contributed by atoms with Crippen molar-refractivity contribution < 1.29 is 9.53 Å². The quantitative estimate of drug-likeness (QED) is 0.798. The Balaban J connectivity index is 1.46. The van der Waals surface area contributed by atoms with Gasteiger partial charge in [0.2, 0.25) is 0 Å². The number of aromatic nitrogens is 2. The summed E-state index contributed by atoms with van der Waals surface area (Å²) in [5, 5.41) is 0. The van der Waals surface area contributed by atoms with E-state index in [1.807, 2.05) is 35.2 Å². The van der Waals surface area contributed by atoms with Crippen molar-refractivity contribution in [3.63, 3.8) is 0 Å². The fourth-order valence-corrected chi connectivity index (χ4v) is 3.27. The number of imidazole rings is 1. The zero-order chi connectivity index (χ0) is 17.2. The average Bonchev–Trinajstić information content (AvgIpc) is 3.16. The molecular formula is C19H20N4O2. The van der Waals surface area contributed by atoms with Crippen LogP contribution in [0, 0.1) is 0 Å². The number of anilines is 1. The van der Waals surface area contributed by atoms with Crippen LogP contribution in [-0.2, 0) is 0 Å². The summed E-state index contributed by atoms with van der Waals surface area (Å²) in [6, 6.07) is 13.7. The number of amides is 1. The van der Waals surface area contributed by atoms with E-state index in [0.717, 1.165) is 35.6 Å². The Morgan fingerprint density at radius 3 is 2.56 bits per heavy atom. The van der Waals surface area contributed by atoms with E-state index in [1.54, 1.807) is 13.4 Å². The molecule has 6 heteroatoms. The van der Waals surface area contributed by atoms with E-state index < -0.39 is 0 Å². The second kappa shape index (κ2) is 6.47. The third-order valence-electron chi connectivity index (χ3n) is 4.68. The highest BCUT2D eigenvalue weighted by molar-refractivity contribution is 6.04. The molecule has 1 amide bonds. The van der Waals surface area contributed by atoms with E-state index in [4.69, 9.17) is 4.74 Å². The number of hydrogen-bond donors (Lipinski definition) is 1. The molecule has 2 aromatic carbocycles. The van der Waals surface area contributed by atoms with Crippen molar-refractivity contribution >= 4 is 22.6 Å². The van der Waals surface area contributed by atoms with E-state index in [2.05, 4.69) is 27.0 Å². The van der Waals surface area contributed by atoms with E-state index in [-0.39, 0.29) is 5.91 Å². The highest BCUT2D eigenvalue weighted by Gasteiger charge is 2.24. The Morgan fingerprint density at radius 1 is 1.08 bits per heavy atom. The monoisotopic (exact) mass is 336 g/mol. The summed E-state index contributed by atoms with van der Waals surface area (Å²) in [5.41, 5.74) is 3.45. The number of nitrogens with zero attached hydrogens (tertiary/aromatic N) is 3. The number of para-hydroxylation sites is 1. The molecule has 2 heterocycles. The average molecular weight is 336 g/mol. The van der Waals surface area contributed by atoms with Crippen molar-refractivity contribution in [3.8, 4) is 5.75 Å². The fraction of sp³-hybridized carbons (Fsp3) is 0.263. The molecule has 1 aromatic heterocycles. The molecule has 0 spiro atoms. The third-order valence-corrected chi connectivity index (χ3v) is 4.68. The van der Waals surface area contributed by atoms with Crippen LogP contribution in [0.4, 0.5) is 5.69 Å². The Kier molecular flexibility index (Phi) is 4.01. The van der Waals surface area contributed by atoms with Crippen LogP contribution in [0.15, 0.2) is 48.8 Å². The minimum Gasteiger partial charge on any atom is -0.497 e. The Bertz CT molecular complexity index is 880. The van der Waals surface area contributed by atoms with Crippen LogP contribution in [0.25, 0.3) is 11.0 Å². The largest absolute Gasteiger partial charge is 0.497 e. The summed E-state index contributed by atoms with van der Waals surface area (Å²) in [4.78, 5) is 24.4. The van der Waals surface area contributed by atoms with Gasteiger partial charge in [0.05, 0.1) is 24.5 Å². The van der Waals surface area contributed by atoms with Gasteiger partial charge < -0.3 is 19.5 Å². The van der Waals surface area contributed by atoms with Gasteiger partial charge in [-0.1, -0.05) is 6.07 Å². The van der Waals surface area contributed by atoms with Gasteiger partial charge in [-0.05, 0) is 36.4 Å². The molecule has 0 radical (unpaired) electrons. The number of H-pyrrole nitrogens is 1. The molecule has 0 aliphatic carbocycles. The Morgan fingerprint density at radius 2 is 1.84 bits per heavy atom. The first-order valence-corrected chi connectivity index (χ1v) is 8.36. The molecule has 0 bridgehead atoms. The van der Waals surface area contributed by atoms with E-state index in [1.165, 1.54) is 0 Å². The number of ether oxygens (including phenoxy) is 1. The number of aromatic amines is 1. The first-order chi connectivity index (χ1) is 12.3. The summed E-state index contributed by atoms with van der Waals surface area (Å²) in [6.45, 7) is 3.03. The van der Waals surface area contributed by atoms with Gasteiger partial charge >= 0.3 is 0 Å². The van der Waals surface area contributed by atoms with Gasteiger partial charge in [-0.25, -0.2) is 4.98 Å². The maximum Gasteiger partial charge on any atom is 0.256 e. The topological polar surface area (TPSA) is 61.5 Å². The van der Waals surface area contributed by atoms with Crippen molar-refractivity contribution in [3.05, 3.63) is 54.4 Å². The molecule has 25 heavy (non-hydrogen) atoms. The summed E-state index contributed by atoms with van der Waals surface area (Å²) >= 11 is 0. The summed E-state index contributed by atoms with van der Waals surface area (Å²) in [5.74, 6) is 0.900. The normalized spacial score (nSPS) is 14.8. The van der Waals surface area contributed by atoms with Gasteiger partial charge in [-0.2, -0.15) is 0 Å². The first-order valence-electron chi connectivity index (χ1n) is 8.36. The second-order valence-corrected chi connectivity index (χ2v) is 6.08. The van der Waals surface area contributed by atoms with Crippen molar-refractivity contribution in [1.29, 1.82) is 0 Å². The Hall–Kier alpha value is -3.02. The van der Waals surface area contributed by atoms with Crippen LogP contribution in [0.5, 0.6) is 5.75 Å². The van der Waals surface area contributed by atoms with Crippen LogP contribution in [0.3, 0.4) is 0 Å². The van der Waals surface area contributed by atoms with Crippen LogP contribution in [-0.4, -0.2) is 54.1 Å². The molecule has 1 fully saturated rings. The smallest absolute Gasteiger partial charge is 0.256 e. The zero-order valence-electron chi connectivity index (χ0n) is 14.1. The summed E-state index contributed by atoms with van der Waals surface area (Å²) in [7, 11) is 1.67. The van der Waals surface area contributed by atoms with Crippen molar-refractivity contribution in [2.24, 2.45) is 0 Å². The van der Waals surface area contributed by atoms with Crippen molar-refractivity contribution in [2.75, 3.05) is 38.2 Å². The van der Waals surface area contributed by atoms with E-state index >= 15 is 0 Å². The molecule has 128 valence electrons. The second-order valence-electron chi connectivity index (χ2n) is 6.08. The number of piperazine rings is 1. The summed E-state index contributed by atoms with van der Waals surface area (Å²) in [6.07, 6.45) is 1.63. The number of benzene rings is 2. The first kappa shape index (κ1) is 15.5. The Labute approximate surface area is 146 Å². The number of nitrogens with one attached hydrogen (secondary N) is 1. The molecule has 1 N–H and O–H groups in total. The predicted octanol–water partition coefficient (Wildman–Crippen LogP) is 2.53. The lowest BCUT2D eigenvalue weighted by Crippen LogP contribution is -2.48. The van der Waals surface area contributed by atoms with Crippen LogP contribution in [0.1, 0.15) is 10.4 Å². The molecule has 1 aliphatic heterocycles. The fourth-order valence-electron chi connectivity index (χ4n) is 3.27. The van der Waals surface area contributed by atoms with Crippen molar-refractivity contribution in [1.82, 2.24) is 14.9 Å². The van der Waals surface area contributed by atoms with Crippen LogP contribution in [0.2, 0.25) is 0 Å². The number of methoxy groups -OCH3 is 1. The van der Waals surface area contributed by atoms with Gasteiger partial charge in [0.15, 0.2) is 0 Å². The number of fused-ring (bicyclic) bond motifs is 1. The number of rotatable bonds is 3. The number of hydrogen-bond acceptors (Lipinski definition) is 4. The minimum absolute atomic E-state index is 0.0482. The van der Waals surface area contributed by atoms with E-state index in [0.29, 0.717) is 18.7 Å².